The zero-order valence-electron chi connectivity index (χ0n) is 8.18. The van der Waals surface area contributed by atoms with Crippen molar-refractivity contribution in [1.29, 1.82) is 0 Å². The second kappa shape index (κ2) is 3.67. The van der Waals surface area contributed by atoms with Gasteiger partial charge in [0.25, 0.3) is 0 Å². The minimum Gasteiger partial charge on any atom is -0.293 e. The third-order valence-corrected chi connectivity index (χ3v) is 4.42. The molecule has 2 rings (SSSR count). The summed E-state index contributed by atoms with van der Waals surface area (Å²) >= 11 is 7.43. The molecule has 1 nitrogen and oxygen atoms in total. The Bertz CT molecular complexity index is 350. The van der Waals surface area contributed by atoms with Gasteiger partial charge in [-0.05, 0) is 24.3 Å². The van der Waals surface area contributed by atoms with Gasteiger partial charge < -0.3 is 0 Å². The monoisotopic (exact) mass is 228 g/mol. The lowest BCUT2D eigenvalue weighted by Gasteiger charge is -2.20. The van der Waals surface area contributed by atoms with E-state index >= 15 is 0 Å². The SMILES string of the molecule is CC1(C(=O)c2sccc2Cl)CCCC1. The Labute approximate surface area is 93.1 Å². The Morgan fingerprint density at radius 2 is 2.14 bits per heavy atom. The lowest BCUT2D eigenvalue weighted by Crippen LogP contribution is -2.23. The molecule has 0 spiro atoms. The molecule has 0 radical (unpaired) electrons. The molecule has 1 saturated carbocycles. The fourth-order valence-corrected chi connectivity index (χ4v) is 3.34. The van der Waals surface area contributed by atoms with E-state index in [2.05, 4.69) is 6.92 Å². The highest BCUT2D eigenvalue weighted by Gasteiger charge is 2.37. The molecule has 1 aliphatic carbocycles. The van der Waals surface area contributed by atoms with E-state index in [9.17, 15) is 4.79 Å². The number of thiophene rings is 1. The van der Waals surface area contributed by atoms with Crippen LogP contribution in [0, 0.1) is 5.41 Å². The summed E-state index contributed by atoms with van der Waals surface area (Å²) in [6.07, 6.45) is 4.37. The first kappa shape index (κ1) is 10.2. The molecule has 1 aromatic rings. The van der Waals surface area contributed by atoms with Crippen LogP contribution in [0.3, 0.4) is 0 Å². The van der Waals surface area contributed by atoms with Crippen LogP contribution in [-0.2, 0) is 0 Å². The van der Waals surface area contributed by atoms with E-state index < -0.39 is 0 Å². The summed E-state index contributed by atoms with van der Waals surface area (Å²) in [7, 11) is 0. The number of halogens is 1. The van der Waals surface area contributed by atoms with E-state index in [0.29, 0.717) is 5.02 Å². The molecule has 76 valence electrons. The maximum atomic E-state index is 12.2. The van der Waals surface area contributed by atoms with Crippen molar-refractivity contribution in [2.24, 2.45) is 5.41 Å². The van der Waals surface area contributed by atoms with Crippen LogP contribution in [0.15, 0.2) is 11.4 Å². The zero-order valence-corrected chi connectivity index (χ0v) is 9.75. The second-order valence-electron chi connectivity index (χ2n) is 4.19. The van der Waals surface area contributed by atoms with E-state index in [4.69, 9.17) is 11.6 Å². The predicted molar refractivity (Wildman–Crippen MR) is 60.2 cm³/mol. The quantitative estimate of drug-likeness (QED) is 0.695. The standard InChI is InChI=1S/C11H13ClOS/c1-11(5-2-3-6-11)10(13)9-8(12)4-7-14-9/h4,7H,2-3,5-6H2,1H3. The maximum Gasteiger partial charge on any atom is 0.180 e. The van der Waals surface area contributed by atoms with E-state index in [0.717, 1.165) is 17.7 Å². The Kier molecular flexibility index (Phi) is 2.67. The van der Waals surface area contributed by atoms with E-state index in [-0.39, 0.29) is 11.2 Å². The molecule has 1 fully saturated rings. The highest BCUT2D eigenvalue weighted by atomic mass is 35.5. The van der Waals surface area contributed by atoms with Gasteiger partial charge in [-0.15, -0.1) is 11.3 Å². The molecule has 0 N–H and O–H groups in total. The average Bonchev–Trinajstić information content (AvgIpc) is 2.74. The van der Waals surface area contributed by atoms with E-state index in [1.807, 2.05) is 5.38 Å². The summed E-state index contributed by atoms with van der Waals surface area (Å²) in [4.78, 5) is 12.9. The lowest BCUT2D eigenvalue weighted by molar-refractivity contribution is 0.0828. The van der Waals surface area contributed by atoms with Gasteiger partial charge in [0.2, 0.25) is 0 Å². The highest BCUT2D eigenvalue weighted by Crippen LogP contribution is 2.42. The number of hydrogen-bond acceptors (Lipinski definition) is 2. The number of carbonyl (C=O) groups is 1. The van der Waals surface area contributed by atoms with Crippen LogP contribution in [0.5, 0.6) is 0 Å². The van der Waals surface area contributed by atoms with Crippen molar-refractivity contribution < 1.29 is 4.79 Å². The van der Waals surface area contributed by atoms with Gasteiger partial charge >= 0.3 is 0 Å². The van der Waals surface area contributed by atoms with Gasteiger partial charge in [0.1, 0.15) is 0 Å². The zero-order chi connectivity index (χ0) is 10.2. The highest BCUT2D eigenvalue weighted by molar-refractivity contribution is 7.12. The van der Waals surface area contributed by atoms with Crippen molar-refractivity contribution in [3.05, 3.63) is 21.3 Å². The third-order valence-electron chi connectivity index (χ3n) is 3.08. The molecule has 0 unspecified atom stereocenters. The number of rotatable bonds is 2. The molecule has 1 aliphatic rings. The Morgan fingerprint density at radius 3 is 2.64 bits per heavy atom. The Hall–Kier alpha value is -0.340. The molecule has 1 aromatic heterocycles. The number of ketones is 1. The number of Topliss-reactive ketones (excluding diaryl/α,β-unsaturated/α-hetero) is 1. The van der Waals surface area contributed by atoms with Crippen LogP contribution in [0.2, 0.25) is 5.02 Å². The van der Waals surface area contributed by atoms with Gasteiger partial charge in [0.05, 0.1) is 9.90 Å². The van der Waals surface area contributed by atoms with E-state index in [1.54, 1.807) is 6.07 Å². The predicted octanol–water partition coefficient (Wildman–Crippen LogP) is 4.16. The van der Waals surface area contributed by atoms with Crippen LogP contribution in [-0.4, -0.2) is 5.78 Å². The smallest absolute Gasteiger partial charge is 0.180 e. The number of hydrogen-bond donors (Lipinski definition) is 0. The molecule has 0 aromatic carbocycles. The van der Waals surface area contributed by atoms with Gasteiger partial charge in [-0.3, -0.25) is 4.79 Å². The summed E-state index contributed by atoms with van der Waals surface area (Å²) in [6, 6.07) is 1.80. The molecule has 0 amide bonds. The van der Waals surface area contributed by atoms with Gasteiger partial charge in [0, 0.05) is 5.41 Å². The first-order chi connectivity index (χ1) is 6.63. The largest absolute Gasteiger partial charge is 0.293 e. The van der Waals surface area contributed by atoms with Crippen LogP contribution in [0.1, 0.15) is 42.3 Å². The van der Waals surface area contributed by atoms with Crippen LogP contribution in [0.25, 0.3) is 0 Å². The van der Waals surface area contributed by atoms with Crippen molar-refractivity contribution in [2.45, 2.75) is 32.6 Å². The number of carbonyl (C=O) groups excluding carboxylic acids is 1. The van der Waals surface area contributed by atoms with Crippen molar-refractivity contribution in [3.63, 3.8) is 0 Å². The first-order valence-corrected chi connectivity index (χ1v) is 6.17. The molecular weight excluding hydrogens is 216 g/mol. The molecule has 0 saturated heterocycles. The van der Waals surface area contributed by atoms with Crippen molar-refractivity contribution >= 4 is 28.7 Å². The van der Waals surface area contributed by atoms with Gasteiger partial charge in [0.15, 0.2) is 5.78 Å². The van der Waals surface area contributed by atoms with Gasteiger partial charge in [-0.25, -0.2) is 0 Å². The van der Waals surface area contributed by atoms with Crippen molar-refractivity contribution in [3.8, 4) is 0 Å². The minimum atomic E-state index is -0.144. The van der Waals surface area contributed by atoms with Crippen LogP contribution < -0.4 is 0 Å². The summed E-state index contributed by atoms with van der Waals surface area (Å²) in [5, 5.41) is 2.50. The topological polar surface area (TPSA) is 17.1 Å². The first-order valence-electron chi connectivity index (χ1n) is 4.91. The van der Waals surface area contributed by atoms with Crippen LogP contribution in [0.4, 0.5) is 0 Å². The van der Waals surface area contributed by atoms with Crippen LogP contribution >= 0.6 is 22.9 Å². The normalized spacial score (nSPS) is 19.9. The van der Waals surface area contributed by atoms with Crippen molar-refractivity contribution in [2.75, 3.05) is 0 Å². The minimum absolute atomic E-state index is 0.144. The Balaban J connectivity index is 2.28. The Morgan fingerprint density at radius 1 is 1.50 bits per heavy atom. The average molecular weight is 229 g/mol. The third kappa shape index (κ3) is 1.61. The fourth-order valence-electron chi connectivity index (χ4n) is 2.11. The summed E-state index contributed by atoms with van der Waals surface area (Å²) in [6.45, 7) is 2.07. The molecule has 1 heterocycles. The molecule has 3 heteroatoms. The lowest BCUT2D eigenvalue weighted by atomic mass is 9.83. The second-order valence-corrected chi connectivity index (χ2v) is 5.52. The van der Waals surface area contributed by atoms with Gasteiger partial charge in [-0.1, -0.05) is 31.4 Å². The molecule has 0 bridgehead atoms. The van der Waals surface area contributed by atoms with Crippen molar-refractivity contribution in [1.82, 2.24) is 0 Å². The molecule has 0 aliphatic heterocycles. The molecular formula is C11H13ClOS. The maximum absolute atomic E-state index is 12.2. The summed E-state index contributed by atoms with van der Waals surface area (Å²) in [5.74, 6) is 0.245. The molecule has 14 heavy (non-hydrogen) atoms. The molecule has 0 atom stereocenters. The fraction of sp³-hybridized carbons (Fsp3) is 0.545. The van der Waals surface area contributed by atoms with E-state index in [1.165, 1.54) is 24.2 Å². The summed E-state index contributed by atoms with van der Waals surface area (Å²) in [5.41, 5.74) is -0.144. The summed E-state index contributed by atoms with van der Waals surface area (Å²) < 4.78 is 0. The van der Waals surface area contributed by atoms with Gasteiger partial charge in [-0.2, -0.15) is 0 Å².